The number of likely N-dealkylation sites (tertiary alicyclic amines) is 1. The maximum absolute atomic E-state index is 11.9. The number of nitrogens with one attached hydrogen (secondary N) is 1. The number of nitrogens with zero attached hydrogens (tertiary/aromatic N) is 1. The second-order valence-electron chi connectivity index (χ2n) is 4.89. The monoisotopic (exact) mass is 252 g/mol. The second-order valence-corrected chi connectivity index (χ2v) is 4.89. The fourth-order valence-electron chi connectivity index (χ4n) is 2.32. The summed E-state index contributed by atoms with van der Waals surface area (Å²) in [5, 5.41) is 3.10. The minimum Gasteiger partial charge on any atom is -0.317 e. The van der Waals surface area contributed by atoms with E-state index in [0.717, 1.165) is 19.5 Å². The van der Waals surface area contributed by atoms with Gasteiger partial charge in [0.15, 0.2) is 0 Å². The zero-order valence-corrected chi connectivity index (χ0v) is 10.5. The van der Waals surface area contributed by atoms with Crippen molar-refractivity contribution < 1.29 is 13.2 Å². The van der Waals surface area contributed by atoms with E-state index in [1.54, 1.807) is 0 Å². The molecule has 0 aromatic carbocycles. The molecule has 0 aromatic rings. The van der Waals surface area contributed by atoms with E-state index in [2.05, 4.69) is 17.3 Å². The lowest BCUT2D eigenvalue weighted by Crippen LogP contribution is -2.38. The Morgan fingerprint density at radius 3 is 2.65 bits per heavy atom. The molecule has 0 saturated carbocycles. The Balaban J connectivity index is 1.96. The third-order valence-electron chi connectivity index (χ3n) is 3.39. The smallest absolute Gasteiger partial charge is 0.317 e. The minimum absolute atomic E-state index is 0.185. The molecule has 0 spiro atoms. The Morgan fingerprint density at radius 2 is 2.00 bits per heavy atom. The summed E-state index contributed by atoms with van der Waals surface area (Å²) < 4.78 is 35.6. The zero-order valence-electron chi connectivity index (χ0n) is 10.5. The van der Waals surface area contributed by atoms with Gasteiger partial charge in [0.25, 0.3) is 0 Å². The summed E-state index contributed by atoms with van der Waals surface area (Å²) in [6.45, 7) is 2.45. The molecule has 0 aliphatic carbocycles. The summed E-state index contributed by atoms with van der Waals surface area (Å²) in [5.74, 6) is 0. The molecular formula is C12H23F3N2. The SMILES string of the molecule is CN1CCCCC1CCNCCCC(F)(F)F. The molecule has 1 heterocycles. The molecule has 0 radical (unpaired) electrons. The van der Waals surface area contributed by atoms with Gasteiger partial charge in [-0.05, 0) is 52.4 Å². The van der Waals surface area contributed by atoms with Crippen LogP contribution in [0.4, 0.5) is 13.2 Å². The van der Waals surface area contributed by atoms with Gasteiger partial charge in [-0.3, -0.25) is 0 Å². The zero-order chi connectivity index (χ0) is 12.7. The van der Waals surface area contributed by atoms with Gasteiger partial charge in [-0.25, -0.2) is 0 Å². The molecule has 1 aliphatic rings. The Kier molecular flexibility index (Phi) is 6.27. The third kappa shape index (κ3) is 6.88. The fourth-order valence-corrected chi connectivity index (χ4v) is 2.32. The average molecular weight is 252 g/mol. The molecule has 0 bridgehead atoms. The van der Waals surface area contributed by atoms with Gasteiger partial charge in [-0.2, -0.15) is 13.2 Å². The lowest BCUT2D eigenvalue weighted by atomic mass is 10.0. The second kappa shape index (κ2) is 7.21. The molecule has 1 N–H and O–H groups in total. The van der Waals surface area contributed by atoms with E-state index in [1.165, 1.54) is 19.3 Å². The first-order chi connectivity index (χ1) is 7.99. The van der Waals surface area contributed by atoms with E-state index < -0.39 is 12.6 Å². The maximum Gasteiger partial charge on any atom is 0.389 e. The van der Waals surface area contributed by atoms with Gasteiger partial charge in [0.1, 0.15) is 0 Å². The number of alkyl halides is 3. The van der Waals surface area contributed by atoms with Crippen LogP contribution in [-0.2, 0) is 0 Å². The standard InChI is InChI=1S/C12H23F3N2/c1-17-10-3-2-5-11(17)6-9-16-8-4-7-12(13,14)15/h11,16H,2-10H2,1H3. The average Bonchev–Trinajstić information content (AvgIpc) is 2.24. The molecule has 0 aromatic heterocycles. The highest BCUT2D eigenvalue weighted by molar-refractivity contribution is 4.74. The van der Waals surface area contributed by atoms with Crippen molar-refractivity contribution in [3.63, 3.8) is 0 Å². The summed E-state index contributed by atoms with van der Waals surface area (Å²) >= 11 is 0. The molecule has 0 amide bonds. The Hall–Kier alpha value is -0.290. The Bertz CT molecular complexity index is 206. The number of hydrogen-bond donors (Lipinski definition) is 1. The highest BCUT2D eigenvalue weighted by Gasteiger charge is 2.25. The molecule has 102 valence electrons. The van der Waals surface area contributed by atoms with Crippen LogP contribution in [0.5, 0.6) is 0 Å². The van der Waals surface area contributed by atoms with E-state index in [1.807, 2.05) is 0 Å². The first kappa shape index (κ1) is 14.8. The van der Waals surface area contributed by atoms with E-state index in [-0.39, 0.29) is 6.42 Å². The van der Waals surface area contributed by atoms with Gasteiger partial charge in [-0.15, -0.1) is 0 Å². The molecule has 1 fully saturated rings. The van der Waals surface area contributed by atoms with E-state index >= 15 is 0 Å². The van der Waals surface area contributed by atoms with Gasteiger partial charge in [0.2, 0.25) is 0 Å². The van der Waals surface area contributed by atoms with Gasteiger partial charge in [0, 0.05) is 12.5 Å². The summed E-state index contributed by atoms with van der Waals surface area (Å²) in [4.78, 5) is 2.36. The molecular weight excluding hydrogens is 229 g/mol. The Morgan fingerprint density at radius 1 is 1.24 bits per heavy atom. The third-order valence-corrected chi connectivity index (χ3v) is 3.39. The molecule has 1 atom stereocenters. The highest BCUT2D eigenvalue weighted by atomic mass is 19.4. The topological polar surface area (TPSA) is 15.3 Å². The van der Waals surface area contributed by atoms with Crippen molar-refractivity contribution in [2.45, 2.75) is 50.7 Å². The number of halogens is 3. The Labute approximate surface area is 102 Å². The van der Waals surface area contributed by atoms with Crippen molar-refractivity contribution in [1.82, 2.24) is 10.2 Å². The van der Waals surface area contributed by atoms with Crippen LogP contribution in [0.3, 0.4) is 0 Å². The van der Waals surface area contributed by atoms with Crippen molar-refractivity contribution in [3.05, 3.63) is 0 Å². The molecule has 17 heavy (non-hydrogen) atoms. The van der Waals surface area contributed by atoms with Crippen molar-refractivity contribution >= 4 is 0 Å². The van der Waals surface area contributed by atoms with Crippen molar-refractivity contribution in [1.29, 1.82) is 0 Å². The highest BCUT2D eigenvalue weighted by Crippen LogP contribution is 2.20. The van der Waals surface area contributed by atoms with Crippen molar-refractivity contribution in [3.8, 4) is 0 Å². The van der Waals surface area contributed by atoms with Crippen LogP contribution in [0.1, 0.15) is 38.5 Å². The van der Waals surface area contributed by atoms with Crippen LogP contribution in [-0.4, -0.2) is 43.8 Å². The first-order valence-corrected chi connectivity index (χ1v) is 6.47. The fraction of sp³-hybridized carbons (Fsp3) is 1.00. The first-order valence-electron chi connectivity index (χ1n) is 6.47. The molecule has 5 heteroatoms. The van der Waals surface area contributed by atoms with Crippen LogP contribution in [0.25, 0.3) is 0 Å². The normalized spacial score (nSPS) is 22.9. The van der Waals surface area contributed by atoms with E-state index in [9.17, 15) is 13.2 Å². The van der Waals surface area contributed by atoms with Crippen LogP contribution < -0.4 is 5.32 Å². The quantitative estimate of drug-likeness (QED) is 0.731. The maximum atomic E-state index is 11.9. The van der Waals surface area contributed by atoms with Gasteiger partial charge in [0.05, 0.1) is 0 Å². The van der Waals surface area contributed by atoms with Crippen molar-refractivity contribution in [2.24, 2.45) is 0 Å². The van der Waals surface area contributed by atoms with Crippen molar-refractivity contribution in [2.75, 3.05) is 26.7 Å². The summed E-state index contributed by atoms with van der Waals surface area (Å²) in [6.07, 6.45) is 0.316. The van der Waals surface area contributed by atoms with Crippen LogP contribution >= 0.6 is 0 Å². The lowest BCUT2D eigenvalue weighted by Gasteiger charge is -2.32. The van der Waals surface area contributed by atoms with Gasteiger partial charge < -0.3 is 10.2 Å². The molecule has 1 aliphatic heterocycles. The molecule has 1 rings (SSSR count). The molecule has 2 nitrogen and oxygen atoms in total. The summed E-state index contributed by atoms with van der Waals surface area (Å²) in [6, 6.07) is 0.610. The van der Waals surface area contributed by atoms with E-state index in [4.69, 9.17) is 0 Å². The molecule has 1 saturated heterocycles. The predicted molar refractivity (Wildman–Crippen MR) is 63.0 cm³/mol. The number of piperidine rings is 1. The molecule has 1 unspecified atom stereocenters. The van der Waals surface area contributed by atoms with Gasteiger partial charge in [-0.1, -0.05) is 6.42 Å². The van der Waals surface area contributed by atoms with E-state index in [0.29, 0.717) is 12.6 Å². The largest absolute Gasteiger partial charge is 0.389 e. The van der Waals surface area contributed by atoms with Crippen LogP contribution in [0, 0.1) is 0 Å². The lowest BCUT2D eigenvalue weighted by molar-refractivity contribution is -0.135. The number of hydrogen-bond acceptors (Lipinski definition) is 2. The van der Waals surface area contributed by atoms with Crippen LogP contribution in [0.15, 0.2) is 0 Å². The predicted octanol–water partition coefficient (Wildman–Crippen LogP) is 2.79. The summed E-state index contributed by atoms with van der Waals surface area (Å²) in [5.41, 5.74) is 0. The minimum atomic E-state index is -4.01. The number of rotatable bonds is 6. The van der Waals surface area contributed by atoms with Gasteiger partial charge >= 0.3 is 6.18 Å². The van der Waals surface area contributed by atoms with Crippen LogP contribution in [0.2, 0.25) is 0 Å². The summed E-state index contributed by atoms with van der Waals surface area (Å²) in [7, 11) is 2.13.